The van der Waals surface area contributed by atoms with Crippen molar-refractivity contribution >= 4 is 0 Å². The zero-order valence-electron chi connectivity index (χ0n) is 11.1. The van der Waals surface area contributed by atoms with Crippen molar-refractivity contribution in [2.24, 2.45) is 0 Å². The summed E-state index contributed by atoms with van der Waals surface area (Å²) in [6, 6.07) is 10.9. The molecule has 18 heavy (non-hydrogen) atoms. The van der Waals surface area contributed by atoms with Gasteiger partial charge < -0.3 is 4.74 Å². The second-order valence-corrected chi connectivity index (χ2v) is 5.74. The first-order chi connectivity index (χ1) is 8.89. The average molecular weight is 245 g/mol. The predicted octanol–water partition coefficient (Wildman–Crippen LogP) is 3.22. The van der Waals surface area contributed by atoms with Gasteiger partial charge in [-0.2, -0.15) is 0 Å². The molecule has 2 aliphatic rings. The fraction of sp³-hybridized carbons (Fsp3) is 0.625. The van der Waals surface area contributed by atoms with Crippen LogP contribution in [-0.4, -0.2) is 30.2 Å². The third-order valence-electron chi connectivity index (χ3n) is 4.55. The summed E-state index contributed by atoms with van der Waals surface area (Å²) in [5.41, 5.74) is 1.77. The van der Waals surface area contributed by atoms with E-state index in [-0.39, 0.29) is 0 Å². The van der Waals surface area contributed by atoms with Gasteiger partial charge in [0.25, 0.3) is 0 Å². The number of hydrogen-bond donors (Lipinski definition) is 0. The van der Waals surface area contributed by atoms with Crippen molar-refractivity contribution in [1.82, 2.24) is 4.90 Å². The number of hydrogen-bond acceptors (Lipinski definition) is 2. The van der Waals surface area contributed by atoms with Gasteiger partial charge in [0, 0.05) is 18.6 Å². The molecule has 0 aromatic heterocycles. The van der Waals surface area contributed by atoms with Crippen LogP contribution in [0.4, 0.5) is 0 Å². The molecule has 3 rings (SSSR count). The summed E-state index contributed by atoms with van der Waals surface area (Å²) >= 11 is 0. The summed E-state index contributed by atoms with van der Waals surface area (Å²) in [5.74, 6) is 0. The molecule has 1 aliphatic carbocycles. The molecule has 2 fully saturated rings. The van der Waals surface area contributed by atoms with Gasteiger partial charge in [0.15, 0.2) is 0 Å². The lowest BCUT2D eigenvalue weighted by Crippen LogP contribution is -2.57. The number of rotatable bonds is 2. The zero-order valence-corrected chi connectivity index (χ0v) is 11.1. The minimum atomic E-state index is 0.340. The van der Waals surface area contributed by atoms with Crippen LogP contribution >= 0.6 is 0 Å². The van der Waals surface area contributed by atoms with Gasteiger partial charge in [-0.25, -0.2) is 0 Å². The lowest BCUT2D eigenvalue weighted by atomic mass is 9.80. The van der Waals surface area contributed by atoms with E-state index in [0.29, 0.717) is 5.54 Å². The van der Waals surface area contributed by atoms with Crippen molar-refractivity contribution < 1.29 is 4.74 Å². The van der Waals surface area contributed by atoms with Crippen LogP contribution in [0.25, 0.3) is 0 Å². The molecule has 2 nitrogen and oxygen atoms in total. The van der Waals surface area contributed by atoms with E-state index < -0.39 is 0 Å². The van der Waals surface area contributed by atoms with Crippen molar-refractivity contribution in [3.05, 3.63) is 35.9 Å². The van der Waals surface area contributed by atoms with E-state index in [2.05, 4.69) is 35.2 Å². The van der Waals surface area contributed by atoms with Crippen molar-refractivity contribution in [1.29, 1.82) is 0 Å². The van der Waals surface area contributed by atoms with Crippen molar-refractivity contribution in [3.8, 4) is 0 Å². The van der Waals surface area contributed by atoms with E-state index >= 15 is 0 Å². The van der Waals surface area contributed by atoms with E-state index in [1.165, 1.54) is 37.7 Å². The van der Waals surface area contributed by atoms with Crippen LogP contribution in [0, 0.1) is 0 Å². The van der Waals surface area contributed by atoms with Gasteiger partial charge in [-0.3, -0.25) is 4.90 Å². The molecule has 1 aromatic rings. The molecule has 1 saturated heterocycles. The van der Waals surface area contributed by atoms with Gasteiger partial charge in [-0.15, -0.1) is 0 Å². The van der Waals surface area contributed by atoms with Crippen molar-refractivity contribution in [3.63, 3.8) is 0 Å². The second kappa shape index (κ2) is 5.41. The van der Waals surface area contributed by atoms with Crippen LogP contribution in [-0.2, 0) is 11.3 Å². The molecule has 0 unspecified atom stereocenters. The topological polar surface area (TPSA) is 12.5 Å². The normalized spacial score (nSPS) is 24.2. The number of benzene rings is 1. The quantitative estimate of drug-likeness (QED) is 0.793. The van der Waals surface area contributed by atoms with Crippen LogP contribution < -0.4 is 0 Å². The zero-order chi connectivity index (χ0) is 12.3. The van der Waals surface area contributed by atoms with Gasteiger partial charge in [0.1, 0.15) is 0 Å². The van der Waals surface area contributed by atoms with E-state index in [4.69, 9.17) is 4.74 Å². The molecule has 0 radical (unpaired) electrons. The number of nitrogens with zero attached hydrogens (tertiary/aromatic N) is 1. The fourth-order valence-electron chi connectivity index (χ4n) is 3.49. The molecule has 0 bridgehead atoms. The first-order valence-electron chi connectivity index (χ1n) is 7.26. The summed E-state index contributed by atoms with van der Waals surface area (Å²) in [6.45, 7) is 4.02. The molecule has 1 heterocycles. The van der Waals surface area contributed by atoms with E-state index in [1.54, 1.807) is 0 Å². The standard InChI is InChI=1S/C16H23NO/c1-3-7-15(8-4-1)13-17-11-12-18-14-16(17)9-5-2-6-10-16/h1,3-4,7-8H,2,5-6,9-14H2. The molecule has 2 heteroatoms. The highest BCUT2D eigenvalue weighted by atomic mass is 16.5. The average Bonchev–Trinajstić information content (AvgIpc) is 2.44. The van der Waals surface area contributed by atoms with Crippen LogP contribution in [0.3, 0.4) is 0 Å². The third kappa shape index (κ3) is 2.45. The Kier molecular flexibility index (Phi) is 3.67. The van der Waals surface area contributed by atoms with Gasteiger partial charge in [-0.1, -0.05) is 49.6 Å². The number of ether oxygens (including phenoxy) is 1. The smallest absolute Gasteiger partial charge is 0.0651 e. The highest BCUT2D eigenvalue weighted by Gasteiger charge is 2.40. The summed E-state index contributed by atoms with van der Waals surface area (Å²) in [5, 5.41) is 0. The monoisotopic (exact) mass is 245 g/mol. The molecule has 0 atom stereocenters. The molecule has 1 aliphatic heterocycles. The van der Waals surface area contributed by atoms with Gasteiger partial charge in [0.05, 0.1) is 13.2 Å². The van der Waals surface area contributed by atoms with E-state index in [9.17, 15) is 0 Å². The molecule has 0 amide bonds. The Hall–Kier alpha value is -0.860. The van der Waals surface area contributed by atoms with Gasteiger partial charge >= 0.3 is 0 Å². The maximum atomic E-state index is 5.79. The maximum Gasteiger partial charge on any atom is 0.0651 e. The van der Waals surface area contributed by atoms with Crippen LogP contribution in [0.5, 0.6) is 0 Å². The molecule has 1 saturated carbocycles. The van der Waals surface area contributed by atoms with Crippen LogP contribution in [0.2, 0.25) is 0 Å². The summed E-state index contributed by atoms with van der Waals surface area (Å²) in [6.07, 6.45) is 6.78. The fourth-order valence-corrected chi connectivity index (χ4v) is 3.49. The van der Waals surface area contributed by atoms with Crippen LogP contribution in [0.1, 0.15) is 37.7 Å². The predicted molar refractivity (Wildman–Crippen MR) is 73.5 cm³/mol. The molecule has 1 spiro atoms. The van der Waals surface area contributed by atoms with Gasteiger partial charge in [-0.05, 0) is 18.4 Å². The summed E-state index contributed by atoms with van der Waals surface area (Å²) in [7, 11) is 0. The van der Waals surface area contributed by atoms with E-state index in [0.717, 1.165) is 26.3 Å². The molecule has 98 valence electrons. The molecular weight excluding hydrogens is 222 g/mol. The maximum absolute atomic E-state index is 5.79. The van der Waals surface area contributed by atoms with E-state index in [1.807, 2.05) is 0 Å². The number of morpholine rings is 1. The minimum Gasteiger partial charge on any atom is -0.378 e. The Morgan fingerprint density at radius 1 is 1.06 bits per heavy atom. The Morgan fingerprint density at radius 3 is 2.61 bits per heavy atom. The summed E-state index contributed by atoms with van der Waals surface area (Å²) in [4.78, 5) is 2.69. The largest absolute Gasteiger partial charge is 0.378 e. The lowest BCUT2D eigenvalue weighted by Gasteiger charge is -2.49. The third-order valence-corrected chi connectivity index (χ3v) is 4.55. The minimum absolute atomic E-state index is 0.340. The Balaban J connectivity index is 1.75. The molecule has 1 aromatic carbocycles. The summed E-state index contributed by atoms with van der Waals surface area (Å²) < 4.78 is 5.79. The Labute approximate surface area is 110 Å². The molecule has 0 N–H and O–H groups in total. The Bertz CT molecular complexity index is 362. The first kappa shape index (κ1) is 12.2. The SMILES string of the molecule is c1ccc(CN2CCOCC23CCCCC3)cc1. The van der Waals surface area contributed by atoms with Gasteiger partial charge in [0.2, 0.25) is 0 Å². The van der Waals surface area contributed by atoms with Crippen molar-refractivity contribution in [2.45, 2.75) is 44.2 Å². The highest BCUT2D eigenvalue weighted by Crippen LogP contribution is 2.36. The Morgan fingerprint density at radius 2 is 1.83 bits per heavy atom. The second-order valence-electron chi connectivity index (χ2n) is 5.74. The highest BCUT2D eigenvalue weighted by molar-refractivity contribution is 5.15. The lowest BCUT2D eigenvalue weighted by molar-refractivity contribution is -0.0897. The van der Waals surface area contributed by atoms with Crippen LogP contribution in [0.15, 0.2) is 30.3 Å². The first-order valence-corrected chi connectivity index (χ1v) is 7.26. The molecular formula is C16H23NO. The van der Waals surface area contributed by atoms with Crippen molar-refractivity contribution in [2.75, 3.05) is 19.8 Å².